The number of sulfonamides is 1. The Morgan fingerprint density at radius 3 is 2.43 bits per heavy atom. The van der Waals surface area contributed by atoms with Crippen molar-refractivity contribution < 1.29 is 17.9 Å². The molecular formula is C19H26ClN3O4S. The maximum absolute atomic E-state index is 12.1. The zero-order valence-electron chi connectivity index (χ0n) is 15.9. The molecule has 0 radical (unpaired) electrons. The van der Waals surface area contributed by atoms with Crippen molar-refractivity contribution >= 4 is 34.0 Å². The van der Waals surface area contributed by atoms with Crippen molar-refractivity contribution in [1.82, 2.24) is 4.72 Å². The van der Waals surface area contributed by atoms with Crippen molar-refractivity contribution in [2.75, 3.05) is 25.0 Å². The third-order valence-electron chi connectivity index (χ3n) is 3.66. The molecule has 0 fully saturated rings. The van der Waals surface area contributed by atoms with E-state index in [-0.39, 0.29) is 49.3 Å². The number of carbonyl (C=O) groups is 1. The molecule has 7 nitrogen and oxygen atoms in total. The zero-order chi connectivity index (χ0) is 19.9. The first-order valence-electron chi connectivity index (χ1n) is 8.61. The molecule has 1 amide bonds. The number of benzene rings is 2. The molecular weight excluding hydrogens is 402 g/mol. The minimum absolute atomic E-state index is 0. The summed E-state index contributed by atoms with van der Waals surface area (Å²) in [6, 6.07) is 11.9. The lowest BCUT2D eigenvalue weighted by Gasteiger charge is -2.10. The Bertz CT molecular complexity index is 884. The Morgan fingerprint density at radius 1 is 1.11 bits per heavy atom. The molecule has 2 rings (SSSR count). The summed E-state index contributed by atoms with van der Waals surface area (Å²) in [6.45, 7) is 4.54. The fourth-order valence-corrected chi connectivity index (χ4v) is 3.61. The van der Waals surface area contributed by atoms with E-state index in [1.807, 2.05) is 32.0 Å². The molecule has 9 heteroatoms. The number of halogens is 1. The summed E-state index contributed by atoms with van der Waals surface area (Å²) >= 11 is 0. The van der Waals surface area contributed by atoms with Crippen LogP contribution in [0.5, 0.6) is 5.75 Å². The van der Waals surface area contributed by atoms with Crippen LogP contribution in [0.3, 0.4) is 0 Å². The van der Waals surface area contributed by atoms with Gasteiger partial charge in [-0.25, -0.2) is 13.1 Å². The molecule has 28 heavy (non-hydrogen) atoms. The summed E-state index contributed by atoms with van der Waals surface area (Å²) in [6.07, 6.45) is 0.148. The smallest absolute Gasteiger partial charge is 0.240 e. The van der Waals surface area contributed by atoms with Gasteiger partial charge in [-0.2, -0.15) is 0 Å². The largest absolute Gasteiger partial charge is 0.493 e. The molecule has 4 N–H and O–H groups in total. The lowest BCUT2D eigenvalue weighted by molar-refractivity contribution is -0.116. The average molecular weight is 428 g/mol. The van der Waals surface area contributed by atoms with Crippen LogP contribution >= 0.6 is 12.4 Å². The molecule has 0 saturated carbocycles. The van der Waals surface area contributed by atoms with Gasteiger partial charge < -0.3 is 15.8 Å². The standard InChI is InChI=1S/C19H25N3O4S.ClH/c1-14-10-15(2)12-17(11-14)26-9-6-19(23)22-16-4-3-5-18(13-16)27(24,25)21-8-7-20;/h3-5,10-13,21H,6-9,20H2,1-2H3,(H,22,23);1H. The predicted octanol–water partition coefficient (Wildman–Crippen LogP) is 2.37. The van der Waals surface area contributed by atoms with Gasteiger partial charge in [-0.3, -0.25) is 4.79 Å². The molecule has 0 saturated heterocycles. The Hall–Kier alpha value is -2.13. The zero-order valence-corrected chi connectivity index (χ0v) is 17.5. The minimum Gasteiger partial charge on any atom is -0.493 e. The second-order valence-electron chi connectivity index (χ2n) is 6.18. The van der Waals surface area contributed by atoms with Gasteiger partial charge in [0.2, 0.25) is 15.9 Å². The van der Waals surface area contributed by atoms with E-state index in [9.17, 15) is 13.2 Å². The summed E-state index contributed by atoms with van der Waals surface area (Å²) in [7, 11) is -3.65. The molecule has 2 aromatic rings. The van der Waals surface area contributed by atoms with Crippen LogP contribution in [0.1, 0.15) is 17.5 Å². The highest BCUT2D eigenvalue weighted by molar-refractivity contribution is 7.89. The van der Waals surface area contributed by atoms with Gasteiger partial charge in [-0.1, -0.05) is 12.1 Å². The van der Waals surface area contributed by atoms with Crippen LogP contribution in [-0.4, -0.2) is 34.0 Å². The van der Waals surface area contributed by atoms with Crippen molar-refractivity contribution in [2.45, 2.75) is 25.2 Å². The Balaban J connectivity index is 0.00000392. The molecule has 0 atom stereocenters. The number of anilines is 1. The molecule has 0 heterocycles. The summed E-state index contributed by atoms with van der Waals surface area (Å²) in [5, 5.41) is 2.68. The maximum atomic E-state index is 12.1. The van der Waals surface area contributed by atoms with E-state index in [4.69, 9.17) is 10.5 Å². The maximum Gasteiger partial charge on any atom is 0.240 e. The van der Waals surface area contributed by atoms with E-state index >= 15 is 0 Å². The minimum atomic E-state index is -3.65. The summed E-state index contributed by atoms with van der Waals surface area (Å²) in [4.78, 5) is 12.2. The highest BCUT2D eigenvalue weighted by Crippen LogP contribution is 2.17. The summed E-state index contributed by atoms with van der Waals surface area (Å²) in [5.74, 6) is 0.461. The average Bonchev–Trinajstić information content (AvgIpc) is 2.59. The van der Waals surface area contributed by atoms with Crippen LogP contribution in [0.2, 0.25) is 0 Å². The highest BCUT2D eigenvalue weighted by atomic mass is 35.5. The lowest BCUT2D eigenvalue weighted by Crippen LogP contribution is -2.29. The van der Waals surface area contributed by atoms with Crippen molar-refractivity contribution in [2.24, 2.45) is 5.73 Å². The van der Waals surface area contributed by atoms with Crippen LogP contribution in [0.15, 0.2) is 47.4 Å². The van der Waals surface area contributed by atoms with Gasteiger partial charge in [0.25, 0.3) is 0 Å². The number of hydrogen-bond donors (Lipinski definition) is 3. The Morgan fingerprint density at radius 2 is 1.79 bits per heavy atom. The molecule has 0 aliphatic heterocycles. The van der Waals surface area contributed by atoms with Crippen LogP contribution < -0.4 is 20.5 Å². The van der Waals surface area contributed by atoms with Gasteiger partial charge in [0.1, 0.15) is 5.75 Å². The number of amides is 1. The molecule has 0 aliphatic rings. The third-order valence-corrected chi connectivity index (χ3v) is 5.12. The number of ether oxygens (including phenoxy) is 1. The molecule has 154 valence electrons. The fraction of sp³-hybridized carbons (Fsp3) is 0.316. The van der Waals surface area contributed by atoms with Gasteiger partial charge in [-0.15, -0.1) is 12.4 Å². The molecule has 0 bridgehead atoms. The Kier molecular flexibility index (Phi) is 9.40. The van der Waals surface area contributed by atoms with Gasteiger partial charge in [-0.05, 0) is 55.3 Å². The van der Waals surface area contributed by atoms with E-state index in [2.05, 4.69) is 10.0 Å². The van der Waals surface area contributed by atoms with Gasteiger partial charge in [0, 0.05) is 18.8 Å². The normalized spacial score (nSPS) is 10.8. The second kappa shape index (κ2) is 11.0. The van der Waals surface area contributed by atoms with E-state index in [0.717, 1.165) is 16.9 Å². The second-order valence-corrected chi connectivity index (χ2v) is 7.95. The SMILES string of the molecule is Cc1cc(C)cc(OCCC(=O)Nc2cccc(S(=O)(=O)NCCN)c2)c1.Cl. The lowest BCUT2D eigenvalue weighted by atomic mass is 10.1. The van der Waals surface area contributed by atoms with Crippen molar-refractivity contribution in [1.29, 1.82) is 0 Å². The first-order valence-corrected chi connectivity index (χ1v) is 10.1. The first-order chi connectivity index (χ1) is 12.8. The first kappa shape index (κ1) is 23.9. The van der Waals surface area contributed by atoms with Crippen LogP contribution in [-0.2, 0) is 14.8 Å². The molecule has 2 aromatic carbocycles. The van der Waals surface area contributed by atoms with Crippen molar-refractivity contribution in [3.05, 3.63) is 53.6 Å². The summed E-state index contributed by atoms with van der Waals surface area (Å²) < 4.78 is 32.2. The van der Waals surface area contributed by atoms with E-state index in [1.54, 1.807) is 12.1 Å². The van der Waals surface area contributed by atoms with Gasteiger partial charge in [0.15, 0.2) is 0 Å². The quantitative estimate of drug-likeness (QED) is 0.569. The number of aryl methyl sites for hydroxylation is 2. The molecule has 0 aromatic heterocycles. The topological polar surface area (TPSA) is 111 Å². The van der Waals surface area contributed by atoms with E-state index in [0.29, 0.717) is 5.69 Å². The molecule has 0 unspecified atom stereocenters. The van der Waals surface area contributed by atoms with Gasteiger partial charge >= 0.3 is 0 Å². The van der Waals surface area contributed by atoms with Gasteiger partial charge in [0.05, 0.1) is 17.9 Å². The van der Waals surface area contributed by atoms with E-state index < -0.39 is 10.0 Å². The molecule has 0 spiro atoms. The number of carbonyl (C=O) groups excluding carboxylic acids is 1. The highest BCUT2D eigenvalue weighted by Gasteiger charge is 2.14. The third kappa shape index (κ3) is 7.47. The number of nitrogens with two attached hydrogens (primary N) is 1. The fourth-order valence-electron chi connectivity index (χ4n) is 2.52. The monoisotopic (exact) mass is 427 g/mol. The number of rotatable bonds is 9. The van der Waals surface area contributed by atoms with Crippen LogP contribution in [0, 0.1) is 13.8 Å². The Labute approximate surface area is 172 Å². The summed E-state index contributed by atoms with van der Waals surface area (Å²) in [5.41, 5.74) is 7.91. The predicted molar refractivity (Wildman–Crippen MR) is 113 cm³/mol. The van der Waals surface area contributed by atoms with Crippen molar-refractivity contribution in [3.63, 3.8) is 0 Å². The number of nitrogens with one attached hydrogen (secondary N) is 2. The number of hydrogen-bond acceptors (Lipinski definition) is 5. The van der Waals surface area contributed by atoms with Crippen LogP contribution in [0.4, 0.5) is 5.69 Å². The van der Waals surface area contributed by atoms with Crippen molar-refractivity contribution in [3.8, 4) is 5.75 Å². The molecule has 0 aliphatic carbocycles. The van der Waals surface area contributed by atoms with Crippen LogP contribution in [0.25, 0.3) is 0 Å². The van der Waals surface area contributed by atoms with E-state index in [1.165, 1.54) is 12.1 Å².